The Morgan fingerprint density at radius 1 is 1.09 bits per heavy atom. The Bertz CT molecular complexity index is 468. The molecule has 0 saturated heterocycles. The van der Waals surface area contributed by atoms with Crippen LogP contribution in [0.15, 0.2) is 11.3 Å². The molecule has 0 aliphatic heterocycles. The van der Waals surface area contributed by atoms with Gasteiger partial charge in [-0.3, -0.25) is 9.59 Å². The summed E-state index contributed by atoms with van der Waals surface area (Å²) in [7, 11) is 0. The van der Waals surface area contributed by atoms with Gasteiger partial charge in [-0.15, -0.1) is 0 Å². The maximum atomic E-state index is 12.5. The highest BCUT2D eigenvalue weighted by atomic mass is 32.1. The predicted molar refractivity (Wildman–Crippen MR) is 95.2 cm³/mol. The molecule has 22 heavy (non-hydrogen) atoms. The molecule has 1 aliphatic carbocycles. The lowest BCUT2D eigenvalue weighted by atomic mass is 9.72. The maximum Gasteiger partial charge on any atom is 0.168 e. The Morgan fingerprint density at radius 3 is 1.91 bits per heavy atom. The number of ketones is 2. The molecule has 3 nitrogen and oxygen atoms in total. The average Bonchev–Trinajstić information content (AvgIpc) is 2.19. The van der Waals surface area contributed by atoms with Crippen LogP contribution in [0, 0.1) is 10.8 Å². The second-order valence-corrected chi connectivity index (χ2v) is 10.3. The fourth-order valence-electron chi connectivity index (χ4n) is 2.69. The predicted octanol–water partition coefficient (Wildman–Crippen LogP) is 3.93. The van der Waals surface area contributed by atoms with Gasteiger partial charge in [-0.2, -0.15) is 12.6 Å². The number of Topliss-reactive ketones (excluding diaryl/α,β-unsaturated/α-hetero) is 2. The fraction of sp³-hybridized carbons (Fsp3) is 0.778. The minimum atomic E-state index is -0.229. The lowest BCUT2D eigenvalue weighted by Crippen LogP contribution is -2.37. The Hall–Kier alpha value is -0.770. The molecule has 0 atom stereocenters. The van der Waals surface area contributed by atoms with E-state index in [1.165, 1.54) is 0 Å². The van der Waals surface area contributed by atoms with Crippen molar-refractivity contribution in [1.82, 2.24) is 5.32 Å². The molecule has 0 bridgehead atoms. The van der Waals surface area contributed by atoms with E-state index in [4.69, 9.17) is 0 Å². The van der Waals surface area contributed by atoms with Gasteiger partial charge in [0.2, 0.25) is 0 Å². The van der Waals surface area contributed by atoms with Gasteiger partial charge >= 0.3 is 0 Å². The average molecular weight is 326 g/mol. The molecule has 0 amide bonds. The van der Waals surface area contributed by atoms with Gasteiger partial charge in [-0.1, -0.05) is 34.6 Å². The first kappa shape index (κ1) is 19.3. The molecule has 1 rings (SSSR count). The van der Waals surface area contributed by atoms with Crippen molar-refractivity contribution >= 4 is 24.2 Å². The summed E-state index contributed by atoms with van der Waals surface area (Å²) in [6.45, 7) is 14.9. The van der Waals surface area contributed by atoms with E-state index >= 15 is 0 Å². The number of allylic oxidation sites excluding steroid dienone is 2. The summed E-state index contributed by atoms with van der Waals surface area (Å²) >= 11 is 4.52. The van der Waals surface area contributed by atoms with E-state index in [1.54, 1.807) is 0 Å². The van der Waals surface area contributed by atoms with Crippen molar-refractivity contribution < 1.29 is 9.59 Å². The van der Waals surface area contributed by atoms with E-state index in [0.717, 1.165) is 5.70 Å². The highest BCUT2D eigenvalue weighted by Crippen LogP contribution is 2.36. The quantitative estimate of drug-likeness (QED) is 0.468. The summed E-state index contributed by atoms with van der Waals surface area (Å²) in [6.07, 6.45) is 1.56. The van der Waals surface area contributed by atoms with Crippen molar-refractivity contribution in [1.29, 1.82) is 0 Å². The Kier molecular flexibility index (Phi) is 5.59. The zero-order valence-corrected chi connectivity index (χ0v) is 16.0. The number of hydrogen-bond donors (Lipinski definition) is 2. The van der Waals surface area contributed by atoms with Gasteiger partial charge in [0.25, 0.3) is 0 Å². The third-order valence-electron chi connectivity index (χ3n) is 3.58. The minimum Gasteiger partial charge on any atom is -0.386 e. The topological polar surface area (TPSA) is 46.2 Å². The SMILES string of the molecule is CC(C)(C)CC(NCC(C)(C)S)=C1C(=O)CC(C)(C)CC1=O. The molecular weight excluding hydrogens is 294 g/mol. The van der Waals surface area contributed by atoms with Crippen molar-refractivity contribution in [3.63, 3.8) is 0 Å². The van der Waals surface area contributed by atoms with Gasteiger partial charge in [0.15, 0.2) is 11.6 Å². The summed E-state index contributed by atoms with van der Waals surface area (Å²) in [5, 5.41) is 3.34. The van der Waals surface area contributed by atoms with Crippen molar-refractivity contribution in [3.05, 3.63) is 11.3 Å². The first-order valence-electron chi connectivity index (χ1n) is 7.96. The second-order valence-electron chi connectivity index (χ2n) is 9.12. The van der Waals surface area contributed by atoms with Crippen LogP contribution in [-0.2, 0) is 9.59 Å². The van der Waals surface area contributed by atoms with Crippen molar-refractivity contribution in [2.75, 3.05) is 6.54 Å². The third kappa shape index (κ3) is 6.15. The van der Waals surface area contributed by atoms with Gasteiger partial charge in [0.05, 0.1) is 5.57 Å². The van der Waals surface area contributed by atoms with Crippen LogP contribution >= 0.6 is 12.6 Å². The number of thiol groups is 1. The first-order valence-corrected chi connectivity index (χ1v) is 8.41. The van der Waals surface area contributed by atoms with Crippen LogP contribution in [0.25, 0.3) is 0 Å². The largest absolute Gasteiger partial charge is 0.386 e. The van der Waals surface area contributed by atoms with Crippen LogP contribution in [-0.4, -0.2) is 22.9 Å². The zero-order chi connectivity index (χ0) is 17.3. The normalized spacial score (nSPS) is 19.4. The van der Waals surface area contributed by atoms with Gasteiger partial charge in [-0.25, -0.2) is 0 Å². The van der Waals surface area contributed by atoms with Gasteiger partial charge in [-0.05, 0) is 31.1 Å². The number of hydrogen-bond acceptors (Lipinski definition) is 4. The van der Waals surface area contributed by atoms with Crippen LogP contribution in [0.4, 0.5) is 0 Å². The Balaban J connectivity index is 3.16. The van der Waals surface area contributed by atoms with Crippen molar-refractivity contribution in [2.45, 2.75) is 72.5 Å². The molecule has 1 fully saturated rings. The molecule has 4 heteroatoms. The highest BCUT2D eigenvalue weighted by molar-refractivity contribution is 7.81. The molecule has 0 aromatic heterocycles. The first-order chi connectivity index (χ1) is 9.70. The van der Waals surface area contributed by atoms with Crippen LogP contribution in [0.5, 0.6) is 0 Å². The van der Waals surface area contributed by atoms with Crippen LogP contribution in [0.2, 0.25) is 0 Å². The zero-order valence-electron chi connectivity index (χ0n) is 15.1. The summed E-state index contributed by atoms with van der Waals surface area (Å²) < 4.78 is -0.205. The van der Waals surface area contributed by atoms with Crippen molar-refractivity contribution in [2.24, 2.45) is 10.8 Å². The van der Waals surface area contributed by atoms with E-state index < -0.39 is 0 Å². The molecule has 1 N–H and O–H groups in total. The molecule has 0 unspecified atom stereocenters. The second kappa shape index (κ2) is 6.38. The van der Waals surface area contributed by atoms with E-state index in [1.807, 2.05) is 27.7 Å². The third-order valence-corrected chi connectivity index (χ3v) is 3.74. The number of rotatable bonds is 4. The fourth-order valence-corrected chi connectivity index (χ4v) is 2.77. The summed E-state index contributed by atoms with van der Waals surface area (Å²) in [6, 6.07) is 0. The lowest BCUT2D eigenvalue weighted by molar-refractivity contribution is -0.127. The number of carbonyl (C=O) groups excluding carboxylic acids is 2. The van der Waals surface area contributed by atoms with Crippen LogP contribution < -0.4 is 5.32 Å². The molecule has 126 valence electrons. The standard InChI is InChI=1S/C18H31NO2S/c1-16(2,3)8-12(19-11-18(6,7)22)15-13(20)9-17(4,5)10-14(15)21/h19,22H,8-11H2,1-7H3. The lowest BCUT2D eigenvalue weighted by Gasteiger charge is -2.32. The molecular formula is C18H31NO2S. The molecule has 1 aliphatic rings. The van der Waals surface area contributed by atoms with Gasteiger partial charge in [0.1, 0.15) is 0 Å². The molecule has 0 spiro atoms. The summed E-state index contributed by atoms with van der Waals surface area (Å²) in [5.74, 6) is -0.0464. The molecule has 0 heterocycles. The molecule has 0 aromatic carbocycles. The monoisotopic (exact) mass is 325 g/mol. The van der Waals surface area contributed by atoms with E-state index in [-0.39, 0.29) is 27.1 Å². The Labute approximate surface area is 140 Å². The number of nitrogens with one attached hydrogen (secondary N) is 1. The van der Waals surface area contributed by atoms with Crippen molar-refractivity contribution in [3.8, 4) is 0 Å². The van der Waals surface area contributed by atoms with Gasteiger partial charge in [0, 0.05) is 29.8 Å². The minimum absolute atomic E-state index is 0.00357. The van der Waals surface area contributed by atoms with Crippen LogP contribution in [0.3, 0.4) is 0 Å². The highest BCUT2D eigenvalue weighted by Gasteiger charge is 2.38. The molecule has 1 saturated carbocycles. The molecule has 0 radical (unpaired) electrons. The summed E-state index contributed by atoms with van der Waals surface area (Å²) in [4.78, 5) is 25.1. The van der Waals surface area contributed by atoms with E-state index in [9.17, 15) is 9.59 Å². The van der Waals surface area contributed by atoms with Crippen LogP contribution in [0.1, 0.15) is 67.7 Å². The Morgan fingerprint density at radius 2 is 1.55 bits per heavy atom. The molecule has 0 aromatic rings. The van der Waals surface area contributed by atoms with E-state index in [0.29, 0.717) is 31.4 Å². The van der Waals surface area contributed by atoms with E-state index in [2.05, 4.69) is 38.7 Å². The smallest absolute Gasteiger partial charge is 0.168 e. The van der Waals surface area contributed by atoms with Gasteiger partial charge < -0.3 is 5.32 Å². The maximum absolute atomic E-state index is 12.5. The summed E-state index contributed by atoms with van der Waals surface area (Å²) in [5.41, 5.74) is 0.962. The number of carbonyl (C=O) groups is 2.